The summed E-state index contributed by atoms with van der Waals surface area (Å²) in [4.78, 5) is 0. The molecule has 1 heterocycles. The lowest BCUT2D eigenvalue weighted by molar-refractivity contribution is 0.109. The molecule has 0 amide bonds. The van der Waals surface area contributed by atoms with Gasteiger partial charge in [-0.1, -0.05) is 15.9 Å². The second kappa shape index (κ2) is 5.47. The molecule has 0 bridgehead atoms. The zero-order valence-electron chi connectivity index (χ0n) is 10.3. The fourth-order valence-corrected chi connectivity index (χ4v) is 3.57. The van der Waals surface area contributed by atoms with Crippen LogP contribution in [0.25, 0.3) is 11.1 Å². The van der Waals surface area contributed by atoms with E-state index in [1.807, 2.05) is 0 Å². The molecule has 4 heteroatoms. The van der Waals surface area contributed by atoms with Crippen LogP contribution in [0.4, 0.5) is 0 Å². The minimum Gasteiger partial charge on any atom is -0.372 e. The summed E-state index contributed by atoms with van der Waals surface area (Å²) in [6.45, 7) is 3.45. The number of ether oxygens (including phenoxy) is 1. The van der Waals surface area contributed by atoms with E-state index in [0.29, 0.717) is 13.2 Å². The molecule has 19 heavy (non-hydrogen) atoms. The van der Waals surface area contributed by atoms with Crippen molar-refractivity contribution < 1.29 is 4.74 Å². The molecular formula is C15H11Br2IO. The molecule has 1 aliphatic rings. The number of hydrogen-bond acceptors (Lipinski definition) is 1. The summed E-state index contributed by atoms with van der Waals surface area (Å²) in [5, 5.41) is 0. The van der Waals surface area contributed by atoms with Gasteiger partial charge in [-0.2, -0.15) is 0 Å². The Bertz CT molecular complexity index is 610. The number of aryl methyl sites for hydroxylation is 1. The van der Waals surface area contributed by atoms with Crippen LogP contribution in [0.15, 0.2) is 33.2 Å². The number of benzene rings is 2. The van der Waals surface area contributed by atoms with E-state index >= 15 is 0 Å². The molecule has 0 aromatic heterocycles. The molecule has 2 aromatic rings. The van der Waals surface area contributed by atoms with Crippen LogP contribution >= 0.6 is 54.5 Å². The summed E-state index contributed by atoms with van der Waals surface area (Å²) in [6.07, 6.45) is 0. The molecule has 0 N–H and O–H groups in total. The highest BCUT2D eigenvalue weighted by molar-refractivity contribution is 14.1. The summed E-state index contributed by atoms with van der Waals surface area (Å²) < 4.78 is 9.30. The first-order valence-corrected chi connectivity index (χ1v) is 8.58. The van der Waals surface area contributed by atoms with Crippen LogP contribution in [0, 0.1) is 10.5 Å². The predicted octanol–water partition coefficient (Wildman–Crippen LogP) is 5.82. The Labute approximate surface area is 143 Å². The molecule has 0 unspecified atom stereocenters. The quantitative estimate of drug-likeness (QED) is 0.420. The fraction of sp³-hybridized carbons (Fsp3) is 0.200. The fourth-order valence-electron chi connectivity index (χ4n) is 2.32. The third-order valence-corrected chi connectivity index (χ3v) is 6.48. The van der Waals surface area contributed by atoms with Crippen molar-refractivity contribution in [3.8, 4) is 11.1 Å². The Morgan fingerprint density at radius 1 is 0.947 bits per heavy atom. The normalized spacial score (nSPS) is 13.7. The van der Waals surface area contributed by atoms with Gasteiger partial charge in [0.15, 0.2) is 0 Å². The van der Waals surface area contributed by atoms with E-state index < -0.39 is 0 Å². The molecule has 0 radical (unpaired) electrons. The molecule has 0 saturated carbocycles. The van der Waals surface area contributed by atoms with Crippen molar-refractivity contribution in [2.45, 2.75) is 20.1 Å². The molecule has 0 fully saturated rings. The van der Waals surface area contributed by atoms with Gasteiger partial charge >= 0.3 is 0 Å². The van der Waals surface area contributed by atoms with Gasteiger partial charge in [-0.05, 0) is 97.5 Å². The Balaban J connectivity index is 2.29. The topological polar surface area (TPSA) is 9.23 Å². The lowest BCUT2D eigenvalue weighted by Crippen LogP contribution is -1.92. The van der Waals surface area contributed by atoms with Gasteiger partial charge < -0.3 is 4.74 Å². The number of hydrogen-bond donors (Lipinski definition) is 0. The summed E-state index contributed by atoms with van der Waals surface area (Å²) in [6, 6.07) is 8.83. The van der Waals surface area contributed by atoms with Gasteiger partial charge in [-0.3, -0.25) is 0 Å². The summed E-state index contributed by atoms with van der Waals surface area (Å²) in [5.74, 6) is 0. The first-order valence-electron chi connectivity index (χ1n) is 5.91. The second-order valence-electron chi connectivity index (χ2n) is 4.67. The lowest BCUT2D eigenvalue weighted by atomic mass is 9.95. The van der Waals surface area contributed by atoms with Gasteiger partial charge in [0, 0.05) is 12.5 Å². The van der Waals surface area contributed by atoms with Crippen molar-refractivity contribution in [1.82, 2.24) is 0 Å². The van der Waals surface area contributed by atoms with Gasteiger partial charge in [0.05, 0.1) is 13.2 Å². The molecule has 0 saturated heterocycles. The maximum Gasteiger partial charge on any atom is 0.0727 e. The molecule has 3 rings (SSSR count). The van der Waals surface area contributed by atoms with Crippen molar-refractivity contribution in [3.63, 3.8) is 0 Å². The van der Waals surface area contributed by atoms with Gasteiger partial charge in [0.25, 0.3) is 0 Å². The molecule has 0 atom stereocenters. The molecular weight excluding hydrogens is 483 g/mol. The molecule has 0 aliphatic carbocycles. The average Bonchev–Trinajstić information content (AvgIpc) is 2.51. The van der Waals surface area contributed by atoms with E-state index in [9.17, 15) is 0 Å². The Hall–Kier alpha value is 0.0900. The standard InChI is InChI=1S/C15H11Br2IO/c1-8-2-11-9(3-13(8)16)6-19-7-10-4-14(17)15(18)5-12(10)11/h2-5H,6-7H2,1H3. The third-order valence-electron chi connectivity index (χ3n) is 3.34. The zero-order chi connectivity index (χ0) is 13.6. The van der Waals surface area contributed by atoms with E-state index in [-0.39, 0.29) is 0 Å². The monoisotopic (exact) mass is 492 g/mol. The predicted molar refractivity (Wildman–Crippen MR) is 93.2 cm³/mol. The Morgan fingerprint density at radius 3 is 2.21 bits per heavy atom. The number of rotatable bonds is 0. The van der Waals surface area contributed by atoms with Crippen molar-refractivity contribution in [2.24, 2.45) is 0 Å². The third kappa shape index (κ3) is 2.64. The van der Waals surface area contributed by atoms with E-state index in [2.05, 4.69) is 85.6 Å². The largest absolute Gasteiger partial charge is 0.372 e. The van der Waals surface area contributed by atoms with E-state index in [1.54, 1.807) is 0 Å². The number of fused-ring (bicyclic) bond motifs is 3. The maximum atomic E-state index is 5.79. The van der Waals surface area contributed by atoms with Crippen molar-refractivity contribution in [1.29, 1.82) is 0 Å². The van der Waals surface area contributed by atoms with Gasteiger partial charge in [-0.15, -0.1) is 0 Å². The highest BCUT2D eigenvalue weighted by Gasteiger charge is 2.17. The van der Waals surface area contributed by atoms with Crippen LogP contribution in [0.1, 0.15) is 16.7 Å². The molecule has 1 nitrogen and oxygen atoms in total. The van der Waals surface area contributed by atoms with E-state index in [4.69, 9.17) is 4.74 Å². The van der Waals surface area contributed by atoms with E-state index in [0.717, 1.165) is 8.95 Å². The van der Waals surface area contributed by atoms with Gasteiger partial charge in [-0.25, -0.2) is 0 Å². The van der Waals surface area contributed by atoms with Crippen LogP contribution in [0.3, 0.4) is 0 Å². The van der Waals surface area contributed by atoms with Crippen molar-refractivity contribution in [2.75, 3.05) is 0 Å². The first kappa shape index (κ1) is 14.0. The Kier molecular flexibility index (Phi) is 4.04. The summed E-state index contributed by atoms with van der Waals surface area (Å²) in [7, 11) is 0. The van der Waals surface area contributed by atoms with Crippen molar-refractivity contribution in [3.05, 3.63) is 53.5 Å². The molecule has 2 aromatic carbocycles. The van der Waals surface area contributed by atoms with E-state index in [1.165, 1.54) is 31.4 Å². The molecule has 0 spiro atoms. The zero-order valence-corrected chi connectivity index (χ0v) is 15.6. The van der Waals surface area contributed by atoms with Crippen LogP contribution in [-0.2, 0) is 18.0 Å². The van der Waals surface area contributed by atoms with Crippen LogP contribution < -0.4 is 0 Å². The average molecular weight is 494 g/mol. The smallest absolute Gasteiger partial charge is 0.0727 e. The SMILES string of the molecule is Cc1cc2c(cc1Br)COCc1cc(Br)c(I)cc1-2. The van der Waals surface area contributed by atoms with Crippen LogP contribution in [0.2, 0.25) is 0 Å². The lowest BCUT2D eigenvalue weighted by Gasteiger charge is -2.12. The van der Waals surface area contributed by atoms with Crippen molar-refractivity contribution >= 4 is 54.5 Å². The first-order chi connectivity index (χ1) is 9.06. The van der Waals surface area contributed by atoms with Crippen LogP contribution in [-0.4, -0.2) is 0 Å². The second-order valence-corrected chi connectivity index (χ2v) is 7.55. The van der Waals surface area contributed by atoms with Crippen LogP contribution in [0.5, 0.6) is 0 Å². The van der Waals surface area contributed by atoms with Gasteiger partial charge in [0.2, 0.25) is 0 Å². The maximum absolute atomic E-state index is 5.79. The molecule has 1 aliphatic heterocycles. The minimum atomic E-state index is 0.663. The molecule has 98 valence electrons. The summed E-state index contributed by atoms with van der Waals surface area (Å²) in [5.41, 5.74) is 6.32. The van der Waals surface area contributed by atoms with Gasteiger partial charge in [0.1, 0.15) is 0 Å². The summed E-state index contributed by atoms with van der Waals surface area (Å²) >= 11 is 9.56. The highest BCUT2D eigenvalue weighted by atomic mass is 127. The highest BCUT2D eigenvalue weighted by Crippen LogP contribution is 2.37. The number of halogens is 3. The minimum absolute atomic E-state index is 0.663. The Morgan fingerprint density at radius 2 is 1.53 bits per heavy atom.